The van der Waals surface area contributed by atoms with Crippen molar-refractivity contribution in [3.8, 4) is 5.75 Å². The lowest BCUT2D eigenvalue weighted by Gasteiger charge is -2.19. The standard InChI is InChI=1S/C23H24N2O4S/c1-17-13-18(2)15-19(14-17)24-23(26)16-29-21-11-9-20(10-12-21)25(3)30(27,28)22-7-5-4-6-8-22/h4-15H,16H2,1-3H3,(H,24,26). The van der Waals surface area contributed by atoms with Gasteiger partial charge in [0.1, 0.15) is 5.75 Å². The third-order valence-corrected chi connectivity index (χ3v) is 6.28. The lowest BCUT2D eigenvalue weighted by atomic mass is 10.1. The van der Waals surface area contributed by atoms with Gasteiger partial charge >= 0.3 is 0 Å². The average Bonchev–Trinajstić information content (AvgIpc) is 2.72. The van der Waals surface area contributed by atoms with E-state index in [9.17, 15) is 13.2 Å². The molecular weight excluding hydrogens is 400 g/mol. The van der Waals surface area contributed by atoms with E-state index in [-0.39, 0.29) is 17.4 Å². The number of sulfonamides is 1. The number of carbonyl (C=O) groups excluding carboxylic acids is 1. The van der Waals surface area contributed by atoms with Crippen LogP contribution in [-0.4, -0.2) is 28.0 Å². The maximum atomic E-state index is 12.7. The van der Waals surface area contributed by atoms with Crippen molar-refractivity contribution in [2.45, 2.75) is 18.7 Å². The highest BCUT2D eigenvalue weighted by Crippen LogP contribution is 2.24. The Balaban J connectivity index is 1.61. The second-order valence-electron chi connectivity index (χ2n) is 6.99. The molecule has 0 saturated carbocycles. The largest absolute Gasteiger partial charge is 0.484 e. The summed E-state index contributed by atoms with van der Waals surface area (Å²) in [5.41, 5.74) is 3.35. The number of nitrogens with one attached hydrogen (secondary N) is 1. The fraction of sp³-hybridized carbons (Fsp3) is 0.174. The molecule has 0 heterocycles. The molecule has 0 aliphatic heterocycles. The topological polar surface area (TPSA) is 75.7 Å². The van der Waals surface area contributed by atoms with E-state index >= 15 is 0 Å². The number of carbonyl (C=O) groups is 1. The molecule has 3 aromatic rings. The van der Waals surface area contributed by atoms with Crippen LogP contribution in [0.25, 0.3) is 0 Å². The highest BCUT2D eigenvalue weighted by Gasteiger charge is 2.20. The van der Waals surface area contributed by atoms with E-state index in [1.165, 1.54) is 11.4 Å². The summed E-state index contributed by atoms with van der Waals surface area (Å²) >= 11 is 0. The van der Waals surface area contributed by atoms with Crippen LogP contribution in [-0.2, 0) is 14.8 Å². The molecule has 6 nitrogen and oxygen atoms in total. The van der Waals surface area contributed by atoms with E-state index in [1.807, 2.05) is 32.0 Å². The number of anilines is 2. The van der Waals surface area contributed by atoms with Crippen molar-refractivity contribution < 1.29 is 17.9 Å². The molecule has 1 N–H and O–H groups in total. The van der Waals surface area contributed by atoms with E-state index in [4.69, 9.17) is 4.74 Å². The minimum absolute atomic E-state index is 0.148. The van der Waals surface area contributed by atoms with E-state index < -0.39 is 10.0 Å². The van der Waals surface area contributed by atoms with Gasteiger partial charge in [-0.05, 0) is 73.5 Å². The first kappa shape index (κ1) is 21.4. The summed E-state index contributed by atoms with van der Waals surface area (Å²) in [6.45, 7) is 3.79. The van der Waals surface area contributed by atoms with Crippen LogP contribution in [0, 0.1) is 13.8 Å². The maximum Gasteiger partial charge on any atom is 0.264 e. The van der Waals surface area contributed by atoms with Gasteiger partial charge in [0.25, 0.3) is 15.9 Å². The first-order chi connectivity index (χ1) is 14.3. The van der Waals surface area contributed by atoms with Crippen molar-refractivity contribution >= 4 is 27.3 Å². The fourth-order valence-corrected chi connectivity index (χ4v) is 4.25. The maximum absolute atomic E-state index is 12.7. The Morgan fingerprint density at radius 1 is 0.933 bits per heavy atom. The SMILES string of the molecule is Cc1cc(C)cc(NC(=O)COc2ccc(N(C)S(=O)(=O)c3ccccc3)cc2)c1. The molecule has 0 bridgehead atoms. The Hall–Kier alpha value is -3.32. The minimum atomic E-state index is -3.64. The van der Waals surface area contributed by atoms with Gasteiger partial charge < -0.3 is 10.1 Å². The summed E-state index contributed by atoms with van der Waals surface area (Å²) in [4.78, 5) is 12.4. The summed E-state index contributed by atoms with van der Waals surface area (Å²) in [7, 11) is -2.15. The third-order valence-electron chi connectivity index (χ3n) is 4.48. The highest BCUT2D eigenvalue weighted by molar-refractivity contribution is 7.92. The monoisotopic (exact) mass is 424 g/mol. The molecule has 7 heteroatoms. The lowest BCUT2D eigenvalue weighted by molar-refractivity contribution is -0.118. The van der Waals surface area contributed by atoms with Gasteiger partial charge in [-0.2, -0.15) is 0 Å². The van der Waals surface area contributed by atoms with Gasteiger partial charge in [0.15, 0.2) is 6.61 Å². The van der Waals surface area contributed by atoms with Crippen LogP contribution < -0.4 is 14.4 Å². The van der Waals surface area contributed by atoms with Crippen LogP contribution >= 0.6 is 0 Å². The Bertz CT molecular complexity index is 1110. The van der Waals surface area contributed by atoms with Crippen molar-refractivity contribution in [2.75, 3.05) is 23.3 Å². The molecule has 156 valence electrons. The first-order valence-electron chi connectivity index (χ1n) is 9.41. The van der Waals surface area contributed by atoms with Crippen molar-refractivity contribution in [3.63, 3.8) is 0 Å². The Morgan fingerprint density at radius 3 is 2.13 bits per heavy atom. The zero-order chi connectivity index (χ0) is 21.7. The summed E-state index contributed by atoms with van der Waals surface area (Å²) in [6, 6.07) is 20.6. The summed E-state index contributed by atoms with van der Waals surface area (Å²) in [5.74, 6) is 0.202. The normalized spacial score (nSPS) is 11.0. The molecule has 0 aliphatic carbocycles. The van der Waals surface area contributed by atoms with Gasteiger partial charge in [0.05, 0.1) is 10.6 Å². The molecule has 3 aromatic carbocycles. The van der Waals surface area contributed by atoms with E-state index in [0.29, 0.717) is 11.4 Å². The number of hydrogen-bond acceptors (Lipinski definition) is 4. The molecule has 0 aliphatic rings. The quantitative estimate of drug-likeness (QED) is 0.618. The van der Waals surface area contributed by atoms with Gasteiger partial charge in [0, 0.05) is 12.7 Å². The van der Waals surface area contributed by atoms with Crippen LogP contribution in [0.4, 0.5) is 11.4 Å². The molecule has 0 unspecified atom stereocenters. The van der Waals surface area contributed by atoms with Crippen molar-refractivity contribution in [3.05, 3.63) is 83.9 Å². The Morgan fingerprint density at radius 2 is 1.53 bits per heavy atom. The summed E-state index contributed by atoms with van der Waals surface area (Å²) in [5, 5.41) is 2.81. The molecule has 0 atom stereocenters. The lowest BCUT2D eigenvalue weighted by Crippen LogP contribution is -2.26. The van der Waals surface area contributed by atoms with Crippen LogP contribution in [0.1, 0.15) is 11.1 Å². The van der Waals surface area contributed by atoms with Crippen molar-refractivity contribution in [2.24, 2.45) is 0 Å². The zero-order valence-corrected chi connectivity index (χ0v) is 17.9. The molecule has 30 heavy (non-hydrogen) atoms. The van der Waals surface area contributed by atoms with Gasteiger partial charge in [-0.25, -0.2) is 8.42 Å². The summed E-state index contributed by atoms with van der Waals surface area (Å²) < 4.78 is 32.1. The molecule has 0 aromatic heterocycles. The highest BCUT2D eigenvalue weighted by atomic mass is 32.2. The minimum Gasteiger partial charge on any atom is -0.484 e. The second-order valence-corrected chi connectivity index (χ2v) is 8.96. The number of aryl methyl sites for hydroxylation is 2. The molecule has 0 spiro atoms. The molecule has 0 fully saturated rings. The first-order valence-corrected chi connectivity index (χ1v) is 10.8. The summed E-state index contributed by atoms with van der Waals surface area (Å²) in [6.07, 6.45) is 0. The Labute approximate surface area is 177 Å². The van der Waals surface area contributed by atoms with Gasteiger partial charge in [0.2, 0.25) is 0 Å². The number of benzene rings is 3. The van der Waals surface area contributed by atoms with Crippen LogP contribution in [0.5, 0.6) is 5.75 Å². The number of amides is 1. The number of ether oxygens (including phenoxy) is 1. The van der Waals surface area contributed by atoms with E-state index in [2.05, 4.69) is 5.32 Å². The number of hydrogen-bond donors (Lipinski definition) is 1. The molecule has 0 radical (unpaired) electrons. The van der Waals surface area contributed by atoms with Crippen LogP contribution in [0.15, 0.2) is 77.7 Å². The Kier molecular flexibility index (Phi) is 6.42. The van der Waals surface area contributed by atoms with Crippen LogP contribution in [0.2, 0.25) is 0 Å². The number of rotatable bonds is 7. The fourth-order valence-electron chi connectivity index (χ4n) is 3.03. The third kappa shape index (κ3) is 5.18. The van der Waals surface area contributed by atoms with Gasteiger partial charge in [-0.3, -0.25) is 9.10 Å². The van der Waals surface area contributed by atoms with Crippen LogP contribution in [0.3, 0.4) is 0 Å². The predicted molar refractivity (Wildman–Crippen MR) is 119 cm³/mol. The van der Waals surface area contributed by atoms with E-state index in [1.54, 1.807) is 54.6 Å². The molecule has 1 amide bonds. The van der Waals surface area contributed by atoms with Gasteiger partial charge in [-0.1, -0.05) is 24.3 Å². The van der Waals surface area contributed by atoms with Gasteiger partial charge in [-0.15, -0.1) is 0 Å². The zero-order valence-electron chi connectivity index (χ0n) is 17.1. The molecule has 3 rings (SSSR count). The predicted octanol–water partition coefficient (Wildman–Crippen LogP) is 4.15. The van der Waals surface area contributed by atoms with Crippen molar-refractivity contribution in [1.82, 2.24) is 0 Å². The average molecular weight is 425 g/mol. The molecular formula is C23H24N2O4S. The second kappa shape index (κ2) is 9.00. The van der Waals surface area contributed by atoms with E-state index in [0.717, 1.165) is 16.8 Å². The number of nitrogens with zero attached hydrogens (tertiary/aromatic N) is 1. The van der Waals surface area contributed by atoms with Crippen molar-refractivity contribution in [1.29, 1.82) is 0 Å². The molecule has 0 saturated heterocycles. The smallest absolute Gasteiger partial charge is 0.264 e.